The number of hydrogen-bond donors (Lipinski definition) is 0. The van der Waals surface area contributed by atoms with E-state index in [9.17, 15) is 0 Å². The number of anilines is 1. The van der Waals surface area contributed by atoms with E-state index < -0.39 is 0 Å². The van der Waals surface area contributed by atoms with Gasteiger partial charge in [0, 0.05) is 38.5 Å². The molecule has 0 N–H and O–H groups in total. The molecular weight excluding hydrogens is 320 g/mol. The minimum Gasteiger partial charge on any atom is -0.379 e. The van der Waals surface area contributed by atoms with Gasteiger partial charge in [0.1, 0.15) is 0 Å². The Morgan fingerprint density at radius 3 is 2.15 bits per heavy atom. The standard InChI is InChI=1S/C23H36N2O/c1-26-22-14-17-25(21-12-8-5-9-13-21)23(22)15-18-24(19-16-23)20-10-6-3-2-4-7-11-20/h5,8-9,12-13,20,22H,2-4,6-7,10-11,14-19H2,1H3/t22-/m0/s1. The zero-order chi connectivity index (χ0) is 17.8. The van der Waals surface area contributed by atoms with Gasteiger partial charge in [0.25, 0.3) is 0 Å². The minimum absolute atomic E-state index is 0.203. The van der Waals surface area contributed by atoms with E-state index in [0.717, 1.165) is 19.0 Å². The molecule has 3 fully saturated rings. The fourth-order valence-corrected chi connectivity index (χ4v) is 5.91. The maximum absolute atomic E-state index is 6.01. The van der Waals surface area contributed by atoms with Crippen molar-refractivity contribution in [2.45, 2.75) is 81.9 Å². The summed E-state index contributed by atoms with van der Waals surface area (Å²) in [5.74, 6) is 0. The zero-order valence-electron chi connectivity index (χ0n) is 16.5. The zero-order valence-corrected chi connectivity index (χ0v) is 16.5. The summed E-state index contributed by atoms with van der Waals surface area (Å²) in [5.41, 5.74) is 1.58. The molecule has 0 aromatic heterocycles. The number of likely N-dealkylation sites (tertiary alicyclic amines) is 1. The number of nitrogens with zero attached hydrogens (tertiary/aromatic N) is 2. The number of benzene rings is 1. The van der Waals surface area contributed by atoms with Gasteiger partial charge in [-0.25, -0.2) is 0 Å². The van der Waals surface area contributed by atoms with E-state index in [1.165, 1.54) is 76.6 Å². The third-order valence-electron chi connectivity index (χ3n) is 7.36. The Balaban J connectivity index is 1.47. The van der Waals surface area contributed by atoms with Crippen molar-refractivity contribution in [2.24, 2.45) is 0 Å². The molecule has 2 aliphatic heterocycles. The Bertz CT molecular complexity index is 545. The normalized spacial score (nSPS) is 28.2. The second-order valence-corrected chi connectivity index (χ2v) is 8.64. The van der Waals surface area contributed by atoms with Gasteiger partial charge in [-0.1, -0.05) is 50.3 Å². The molecule has 2 heterocycles. The average molecular weight is 357 g/mol. The van der Waals surface area contributed by atoms with Crippen LogP contribution in [0.3, 0.4) is 0 Å². The first-order valence-electron chi connectivity index (χ1n) is 10.9. The fraction of sp³-hybridized carbons (Fsp3) is 0.739. The molecule has 0 unspecified atom stereocenters. The van der Waals surface area contributed by atoms with Gasteiger partial charge in [-0.2, -0.15) is 0 Å². The third-order valence-corrected chi connectivity index (χ3v) is 7.36. The van der Waals surface area contributed by atoms with Crippen molar-refractivity contribution in [1.82, 2.24) is 4.90 Å². The van der Waals surface area contributed by atoms with E-state index in [1.807, 2.05) is 7.11 Å². The van der Waals surface area contributed by atoms with Gasteiger partial charge in [-0.3, -0.25) is 0 Å². The van der Waals surface area contributed by atoms with Crippen LogP contribution in [0.5, 0.6) is 0 Å². The van der Waals surface area contributed by atoms with Crippen LogP contribution < -0.4 is 4.90 Å². The van der Waals surface area contributed by atoms with E-state index in [0.29, 0.717) is 6.10 Å². The lowest BCUT2D eigenvalue weighted by Crippen LogP contribution is -2.59. The van der Waals surface area contributed by atoms with Crippen LogP contribution in [0.4, 0.5) is 5.69 Å². The van der Waals surface area contributed by atoms with Crippen molar-refractivity contribution in [1.29, 1.82) is 0 Å². The third kappa shape index (κ3) is 3.53. The molecule has 3 aliphatic rings. The Hall–Kier alpha value is -1.06. The summed E-state index contributed by atoms with van der Waals surface area (Å²) >= 11 is 0. The molecule has 0 amide bonds. The molecule has 1 saturated carbocycles. The number of methoxy groups -OCH3 is 1. The van der Waals surface area contributed by atoms with Gasteiger partial charge in [0.05, 0.1) is 11.6 Å². The molecule has 1 spiro atoms. The molecule has 2 saturated heterocycles. The van der Waals surface area contributed by atoms with E-state index in [2.05, 4.69) is 40.1 Å². The van der Waals surface area contributed by atoms with Gasteiger partial charge < -0.3 is 14.5 Å². The maximum Gasteiger partial charge on any atom is 0.0820 e. The van der Waals surface area contributed by atoms with Gasteiger partial charge in [0.15, 0.2) is 0 Å². The van der Waals surface area contributed by atoms with Crippen LogP contribution in [-0.2, 0) is 4.74 Å². The maximum atomic E-state index is 6.01. The Morgan fingerprint density at radius 2 is 1.50 bits per heavy atom. The Kier molecular flexibility index (Phi) is 5.85. The second-order valence-electron chi connectivity index (χ2n) is 8.64. The highest BCUT2D eigenvalue weighted by Gasteiger charge is 2.51. The number of ether oxygens (including phenoxy) is 1. The fourth-order valence-electron chi connectivity index (χ4n) is 5.91. The van der Waals surface area contributed by atoms with Crippen LogP contribution in [-0.4, -0.2) is 49.3 Å². The summed E-state index contributed by atoms with van der Waals surface area (Å²) in [7, 11) is 1.92. The quantitative estimate of drug-likeness (QED) is 0.769. The van der Waals surface area contributed by atoms with Gasteiger partial charge in [-0.15, -0.1) is 0 Å². The van der Waals surface area contributed by atoms with Crippen LogP contribution in [0.2, 0.25) is 0 Å². The van der Waals surface area contributed by atoms with Gasteiger partial charge in [0.2, 0.25) is 0 Å². The summed E-state index contributed by atoms with van der Waals surface area (Å²) < 4.78 is 6.01. The summed E-state index contributed by atoms with van der Waals surface area (Å²) in [6.45, 7) is 3.62. The number of piperidine rings is 1. The highest BCUT2D eigenvalue weighted by atomic mass is 16.5. The van der Waals surface area contributed by atoms with Gasteiger partial charge >= 0.3 is 0 Å². The monoisotopic (exact) mass is 356 g/mol. The van der Waals surface area contributed by atoms with Crippen LogP contribution in [0, 0.1) is 0 Å². The first kappa shape index (κ1) is 18.3. The lowest BCUT2D eigenvalue weighted by molar-refractivity contribution is 0.00947. The highest BCUT2D eigenvalue weighted by molar-refractivity contribution is 5.51. The predicted octanol–water partition coefficient (Wildman–Crippen LogP) is 4.86. The predicted molar refractivity (Wildman–Crippen MR) is 109 cm³/mol. The number of rotatable bonds is 3. The van der Waals surface area contributed by atoms with Crippen LogP contribution in [0.25, 0.3) is 0 Å². The Labute approximate surface area is 159 Å². The van der Waals surface area contributed by atoms with E-state index in [-0.39, 0.29) is 5.54 Å². The second kappa shape index (κ2) is 8.31. The first-order valence-corrected chi connectivity index (χ1v) is 10.9. The van der Waals surface area contributed by atoms with Crippen LogP contribution in [0.1, 0.15) is 64.2 Å². The summed E-state index contributed by atoms with van der Waals surface area (Å²) in [5, 5.41) is 0. The lowest BCUT2D eigenvalue weighted by atomic mass is 9.81. The smallest absolute Gasteiger partial charge is 0.0820 e. The molecule has 1 atom stereocenters. The van der Waals surface area contributed by atoms with Crippen molar-refractivity contribution in [2.75, 3.05) is 31.6 Å². The van der Waals surface area contributed by atoms with Crippen molar-refractivity contribution in [3.8, 4) is 0 Å². The molecule has 1 aromatic rings. The molecule has 144 valence electrons. The average Bonchev–Trinajstić information content (AvgIpc) is 3.01. The van der Waals surface area contributed by atoms with Crippen molar-refractivity contribution < 1.29 is 4.74 Å². The first-order chi connectivity index (χ1) is 12.8. The van der Waals surface area contributed by atoms with Crippen LogP contribution >= 0.6 is 0 Å². The van der Waals surface area contributed by atoms with Crippen molar-refractivity contribution in [3.05, 3.63) is 30.3 Å². The molecular formula is C23H36N2O. The molecule has 26 heavy (non-hydrogen) atoms. The molecule has 1 aromatic carbocycles. The molecule has 4 rings (SSSR count). The summed E-state index contributed by atoms with van der Waals surface area (Å²) in [6.07, 6.45) is 14.1. The molecule has 3 nitrogen and oxygen atoms in total. The highest BCUT2D eigenvalue weighted by Crippen LogP contribution is 2.43. The minimum atomic E-state index is 0.203. The van der Waals surface area contributed by atoms with E-state index in [4.69, 9.17) is 4.74 Å². The van der Waals surface area contributed by atoms with Gasteiger partial charge in [-0.05, 0) is 44.2 Å². The topological polar surface area (TPSA) is 15.7 Å². The van der Waals surface area contributed by atoms with E-state index >= 15 is 0 Å². The largest absolute Gasteiger partial charge is 0.379 e. The van der Waals surface area contributed by atoms with Crippen LogP contribution in [0.15, 0.2) is 30.3 Å². The van der Waals surface area contributed by atoms with E-state index in [1.54, 1.807) is 0 Å². The molecule has 0 bridgehead atoms. The molecule has 1 aliphatic carbocycles. The van der Waals surface area contributed by atoms with Crippen molar-refractivity contribution in [3.63, 3.8) is 0 Å². The SMILES string of the molecule is CO[C@H]1CCN(c2ccccc2)C12CCN(C1CCCCCCC1)CC2. The summed E-state index contributed by atoms with van der Waals surface area (Å²) in [6, 6.07) is 11.9. The number of hydrogen-bond acceptors (Lipinski definition) is 3. The van der Waals surface area contributed by atoms with Crippen molar-refractivity contribution >= 4 is 5.69 Å². The summed E-state index contributed by atoms with van der Waals surface area (Å²) in [4.78, 5) is 5.50. The molecule has 3 heteroatoms. The number of para-hydroxylation sites is 1. The Morgan fingerprint density at radius 1 is 0.846 bits per heavy atom. The lowest BCUT2D eigenvalue weighted by Gasteiger charge is -2.50. The molecule has 0 radical (unpaired) electrons.